The maximum Gasteiger partial charge on any atom is 0.323 e. The number of aryl methyl sites for hydroxylation is 1. The Kier molecular flexibility index (Phi) is 5.14. The largest absolute Gasteiger partial charge is 0.355 e. The molecule has 0 radical (unpaired) electrons. The number of amides is 3. The molecule has 0 atom stereocenters. The van der Waals surface area contributed by atoms with Crippen molar-refractivity contribution in [3.63, 3.8) is 0 Å². The molecule has 22 heavy (non-hydrogen) atoms. The number of urea groups is 1. The monoisotopic (exact) mass is 297 g/mol. The van der Waals surface area contributed by atoms with E-state index in [-0.39, 0.29) is 11.9 Å². The Hall–Kier alpha value is -2.82. The molecular formula is C17H19N3O2. The van der Waals surface area contributed by atoms with Crippen LogP contribution in [0.4, 0.5) is 16.2 Å². The van der Waals surface area contributed by atoms with Gasteiger partial charge >= 0.3 is 6.03 Å². The van der Waals surface area contributed by atoms with Gasteiger partial charge in [-0.05, 0) is 42.3 Å². The topological polar surface area (TPSA) is 70.2 Å². The summed E-state index contributed by atoms with van der Waals surface area (Å²) in [6.07, 6.45) is 0.845. The Bertz CT molecular complexity index is 666. The van der Waals surface area contributed by atoms with Gasteiger partial charge in [-0.1, -0.05) is 25.1 Å². The summed E-state index contributed by atoms with van der Waals surface area (Å²) in [5.74, 6) is -0.159. The molecule has 0 aromatic heterocycles. The molecule has 5 nitrogen and oxygen atoms in total. The zero-order chi connectivity index (χ0) is 15.9. The minimum Gasteiger partial charge on any atom is -0.355 e. The summed E-state index contributed by atoms with van der Waals surface area (Å²) in [6.45, 7) is 2.04. The van der Waals surface area contributed by atoms with E-state index in [1.807, 2.05) is 31.2 Å². The summed E-state index contributed by atoms with van der Waals surface area (Å²) >= 11 is 0. The number of carbonyl (C=O) groups is 2. The lowest BCUT2D eigenvalue weighted by molar-refractivity contribution is 0.0963. The maximum atomic E-state index is 12.0. The fourth-order valence-electron chi connectivity index (χ4n) is 2.08. The molecule has 2 rings (SSSR count). The first kappa shape index (κ1) is 15.6. The van der Waals surface area contributed by atoms with Gasteiger partial charge in [0.1, 0.15) is 0 Å². The molecule has 114 valence electrons. The predicted octanol–water partition coefficient (Wildman–Crippen LogP) is 3.25. The molecule has 2 aromatic rings. The minimum atomic E-state index is -0.311. The second-order valence-corrected chi connectivity index (χ2v) is 4.75. The van der Waals surface area contributed by atoms with E-state index in [1.54, 1.807) is 31.3 Å². The summed E-state index contributed by atoms with van der Waals surface area (Å²) in [6, 6.07) is 14.1. The molecular weight excluding hydrogens is 278 g/mol. The number of carbonyl (C=O) groups excluding carboxylic acids is 2. The first-order valence-electron chi connectivity index (χ1n) is 7.12. The number of rotatable bonds is 4. The Morgan fingerprint density at radius 2 is 1.64 bits per heavy atom. The van der Waals surface area contributed by atoms with Gasteiger partial charge in [0.2, 0.25) is 0 Å². The third kappa shape index (κ3) is 3.85. The lowest BCUT2D eigenvalue weighted by Gasteiger charge is -2.11. The van der Waals surface area contributed by atoms with Gasteiger partial charge in [-0.3, -0.25) is 4.79 Å². The smallest absolute Gasteiger partial charge is 0.323 e. The van der Waals surface area contributed by atoms with Gasteiger partial charge in [0.15, 0.2) is 0 Å². The number of nitrogens with one attached hydrogen (secondary N) is 3. The Morgan fingerprint density at radius 3 is 2.27 bits per heavy atom. The van der Waals surface area contributed by atoms with Gasteiger partial charge in [-0.15, -0.1) is 0 Å². The van der Waals surface area contributed by atoms with E-state index in [0.29, 0.717) is 11.3 Å². The molecule has 0 saturated heterocycles. The molecule has 0 aliphatic rings. The first-order chi connectivity index (χ1) is 10.6. The molecule has 3 N–H and O–H groups in total. The van der Waals surface area contributed by atoms with Crippen LogP contribution in [0, 0.1) is 0 Å². The lowest BCUT2D eigenvalue weighted by Crippen LogP contribution is -2.20. The molecule has 0 saturated carbocycles. The van der Waals surface area contributed by atoms with Crippen molar-refractivity contribution in [2.75, 3.05) is 17.7 Å². The fraction of sp³-hybridized carbons (Fsp3) is 0.176. The van der Waals surface area contributed by atoms with Gasteiger partial charge in [0, 0.05) is 24.0 Å². The van der Waals surface area contributed by atoms with Crippen LogP contribution in [-0.2, 0) is 6.42 Å². The number of benzene rings is 2. The molecule has 0 heterocycles. The molecule has 0 spiro atoms. The van der Waals surface area contributed by atoms with Crippen LogP contribution in [0.15, 0.2) is 48.5 Å². The third-order valence-electron chi connectivity index (χ3n) is 3.28. The van der Waals surface area contributed by atoms with Gasteiger partial charge in [0.25, 0.3) is 5.91 Å². The Labute approximate surface area is 129 Å². The number of para-hydroxylation sites is 1. The highest BCUT2D eigenvalue weighted by Crippen LogP contribution is 2.16. The van der Waals surface area contributed by atoms with Crippen molar-refractivity contribution >= 4 is 23.3 Å². The zero-order valence-corrected chi connectivity index (χ0v) is 12.6. The standard InChI is InChI=1S/C17H19N3O2/c1-3-12-6-4-5-7-15(12)20-17(22)19-14-10-8-13(9-11-14)16(21)18-2/h4-11H,3H2,1-2H3,(H,18,21)(H2,19,20,22). The van der Waals surface area contributed by atoms with Crippen LogP contribution in [0.2, 0.25) is 0 Å². The van der Waals surface area contributed by atoms with E-state index >= 15 is 0 Å². The van der Waals surface area contributed by atoms with Crippen LogP contribution in [0.25, 0.3) is 0 Å². The lowest BCUT2D eigenvalue weighted by atomic mass is 10.1. The molecule has 3 amide bonds. The number of hydrogen-bond donors (Lipinski definition) is 3. The molecule has 0 aliphatic heterocycles. The molecule has 0 fully saturated rings. The van der Waals surface area contributed by atoms with Crippen molar-refractivity contribution in [2.24, 2.45) is 0 Å². The van der Waals surface area contributed by atoms with Crippen LogP contribution in [0.5, 0.6) is 0 Å². The Morgan fingerprint density at radius 1 is 0.955 bits per heavy atom. The van der Waals surface area contributed by atoms with E-state index in [1.165, 1.54) is 0 Å². The van der Waals surface area contributed by atoms with Gasteiger partial charge < -0.3 is 16.0 Å². The summed E-state index contributed by atoms with van der Waals surface area (Å²) in [5.41, 5.74) is 3.04. The fourth-order valence-corrected chi connectivity index (χ4v) is 2.08. The summed E-state index contributed by atoms with van der Waals surface area (Å²) < 4.78 is 0. The van der Waals surface area contributed by atoms with E-state index in [0.717, 1.165) is 17.7 Å². The van der Waals surface area contributed by atoms with E-state index in [2.05, 4.69) is 16.0 Å². The van der Waals surface area contributed by atoms with Gasteiger partial charge in [-0.2, -0.15) is 0 Å². The normalized spacial score (nSPS) is 9.91. The van der Waals surface area contributed by atoms with Crippen LogP contribution in [-0.4, -0.2) is 19.0 Å². The highest BCUT2D eigenvalue weighted by molar-refractivity contribution is 6.00. The molecule has 2 aromatic carbocycles. The highest BCUT2D eigenvalue weighted by atomic mass is 16.2. The van der Waals surface area contributed by atoms with Crippen molar-refractivity contribution in [3.8, 4) is 0 Å². The molecule has 0 unspecified atom stereocenters. The SMILES string of the molecule is CCc1ccccc1NC(=O)Nc1ccc(C(=O)NC)cc1. The first-order valence-corrected chi connectivity index (χ1v) is 7.12. The van der Waals surface area contributed by atoms with Gasteiger partial charge in [-0.25, -0.2) is 4.79 Å². The highest BCUT2D eigenvalue weighted by Gasteiger charge is 2.07. The van der Waals surface area contributed by atoms with Crippen LogP contribution in [0.1, 0.15) is 22.8 Å². The second kappa shape index (κ2) is 7.26. The second-order valence-electron chi connectivity index (χ2n) is 4.75. The van der Waals surface area contributed by atoms with Crippen molar-refractivity contribution in [2.45, 2.75) is 13.3 Å². The van der Waals surface area contributed by atoms with E-state index in [9.17, 15) is 9.59 Å². The average Bonchev–Trinajstić information content (AvgIpc) is 2.55. The minimum absolute atomic E-state index is 0.159. The van der Waals surface area contributed by atoms with Gasteiger partial charge in [0.05, 0.1) is 0 Å². The predicted molar refractivity (Wildman–Crippen MR) is 88.3 cm³/mol. The summed E-state index contributed by atoms with van der Waals surface area (Å²) in [5, 5.41) is 8.12. The number of anilines is 2. The summed E-state index contributed by atoms with van der Waals surface area (Å²) in [7, 11) is 1.58. The average molecular weight is 297 g/mol. The number of hydrogen-bond acceptors (Lipinski definition) is 2. The van der Waals surface area contributed by atoms with Crippen molar-refractivity contribution in [1.29, 1.82) is 0 Å². The zero-order valence-electron chi connectivity index (χ0n) is 12.6. The quantitative estimate of drug-likeness (QED) is 0.810. The van der Waals surface area contributed by atoms with E-state index in [4.69, 9.17) is 0 Å². The molecule has 5 heteroatoms. The Balaban J connectivity index is 2.01. The van der Waals surface area contributed by atoms with Crippen LogP contribution in [0.3, 0.4) is 0 Å². The van der Waals surface area contributed by atoms with Crippen molar-refractivity contribution < 1.29 is 9.59 Å². The van der Waals surface area contributed by atoms with Crippen LogP contribution >= 0.6 is 0 Å². The molecule has 0 bridgehead atoms. The van der Waals surface area contributed by atoms with Crippen molar-refractivity contribution in [3.05, 3.63) is 59.7 Å². The summed E-state index contributed by atoms with van der Waals surface area (Å²) in [4.78, 5) is 23.5. The van der Waals surface area contributed by atoms with Crippen molar-refractivity contribution in [1.82, 2.24) is 5.32 Å². The maximum absolute atomic E-state index is 12.0. The molecule has 0 aliphatic carbocycles. The van der Waals surface area contributed by atoms with Crippen LogP contribution < -0.4 is 16.0 Å². The van der Waals surface area contributed by atoms with E-state index < -0.39 is 0 Å². The third-order valence-corrected chi connectivity index (χ3v) is 3.28.